The van der Waals surface area contributed by atoms with Gasteiger partial charge in [0.2, 0.25) is 11.7 Å². The summed E-state index contributed by atoms with van der Waals surface area (Å²) in [6.45, 7) is 0.726. The lowest BCUT2D eigenvalue weighted by atomic mass is 10.0. The highest BCUT2D eigenvalue weighted by Crippen LogP contribution is 2.35. The number of fused-ring (bicyclic) bond motifs is 1. The van der Waals surface area contributed by atoms with Gasteiger partial charge in [0.15, 0.2) is 0 Å². The maximum absolute atomic E-state index is 13.3. The van der Waals surface area contributed by atoms with Crippen LogP contribution in [0.25, 0.3) is 11.4 Å². The van der Waals surface area contributed by atoms with Gasteiger partial charge in [-0.1, -0.05) is 35.5 Å². The van der Waals surface area contributed by atoms with Crippen LogP contribution in [0, 0.1) is 5.82 Å². The van der Waals surface area contributed by atoms with Crippen molar-refractivity contribution in [3.8, 4) is 11.4 Å². The van der Waals surface area contributed by atoms with Crippen molar-refractivity contribution in [1.29, 1.82) is 0 Å². The molecule has 1 aromatic heterocycles. The molecule has 0 aliphatic carbocycles. The number of nitrogens with zero attached hydrogens (tertiary/aromatic N) is 2. The van der Waals surface area contributed by atoms with Crippen LogP contribution in [0.5, 0.6) is 0 Å². The zero-order valence-corrected chi connectivity index (χ0v) is 11.1. The molecule has 0 fully saturated rings. The van der Waals surface area contributed by atoms with Crippen molar-refractivity contribution in [2.75, 3.05) is 11.9 Å². The summed E-state index contributed by atoms with van der Waals surface area (Å²) in [6, 6.07) is 14.2. The smallest absolute Gasteiger partial charge is 0.236 e. The molecule has 1 atom stereocenters. The topological polar surface area (TPSA) is 51.0 Å². The molecule has 0 radical (unpaired) electrons. The van der Waals surface area contributed by atoms with Crippen LogP contribution in [-0.4, -0.2) is 16.7 Å². The molecule has 2 aromatic carbocycles. The first-order chi connectivity index (χ1) is 10.3. The summed E-state index contributed by atoms with van der Waals surface area (Å²) < 4.78 is 18.6. The second-order valence-electron chi connectivity index (χ2n) is 4.99. The van der Waals surface area contributed by atoms with Crippen LogP contribution < -0.4 is 5.32 Å². The first kappa shape index (κ1) is 12.1. The highest BCUT2D eigenvalue weighted by Gasteiger charge is 2.28. The van der Waals surface area contributed by atoms with Gasteiger partial charge in [0.1, 0.15) is 5.82 Å². The van der Waals surface area contributed by atoms with Gasteiger partial charge in [0.05, 0.1) is 5.92 Å². The van der Waals surface area contributed by atoms with Crippen LogP contribution in [-0.2, 0) is 0 Å². The van der Waals surface area contributed by atoms with E-state index in [2.05, 4.69) is 15.5 Å². The second-order valence-corrected chi connectivity index (χ2v) is 4.99. The van der Waals surface area contributed by atoms with Gasteiger partial charge in [-0.2, -0.15) is 4.98 Å². The molecule has 1 aliphatic heterocycles. The Kier molecular flexibility index (Phi) is 2.70. The molecule has 1 aliphatic rings. The Morgan fingerprint density at radius 2 is 2.05 bits per heavy atom. The minimum atomic E-state index is -0.313. The maximum Gasteiger partial charge on any atom is 0.236 e. The van der Waals surface area contributed by atoms with Crippen molar-refractivity contribution in [2.24, 2.45) is 0 Å². The molecule has 0 bridgehead atoms. The van der Waals surface area contributed by atoms with Crippen molar-refractivity contribution in [3.63, 3.8) is 0 Å². The predicted octanol–water partition coefficient (Wildman–Crippen LogP) is 3.43. The third-order valence-electron chi connectivity index (χ3n) is 3.66. The SMILES string of the molecule is Fc1cccc(-c2noc(C3CNc4ccccc43)n2)c1. The molecule has 21 heavy (non-hydrogen) atoms. The molecule has 1 unspecified atom stereocenters. The number of rotatable bonds is 2. The first-order valence-electron chi connectivity index (χ1n) is 6.73. The molecular weight excluding hydrogens is 269 g/mol. The van der Waals surface area contributed by atoms with Gasteiger partial charge in [-0.25, -0.2) is 4.39 Å². The highest BCUT2D eigenvalue weighted by molar-refractivity contribution is 5.60. The van der Waals surface area contributed by atoms with Gasteiger partial charge in [0.25, 0.3) is 0 Å². The van der Waals surface area contributed by atoms with Crippen LogP contribution in [0.15, 0.2) is 53.1 Å². The van der Waals surface area contributed by atoms with Crippen molar-refractivity contribution in [1.82, 2.24) is 10.1 Å². The predicted molar refractivity (Wildman–Crippen MR) is 76.5 cm³/mol. The Labute approximate surface area is 120 Å². The molecule has 4 nitrogen and oxygen atoms in total. The third-order valence-corrected chi connectivity index (χ3v) is 3.66. The number of halogens is 1. The standard InChI is InChI=1S/C16H12FN3O/c17-11-5-3-4-10(8-11)15-19-16(21-20-15)13-9-18-14-7-2-1-6-12(13)14/h1-8,13,18H,9H2. The summed E-state index contributed by atoms with van der Waals surface area (Å²) in [5.74, 6) is 0.684. The highest BCUT2D eigenvalue weighted by atomic mass is 19.1. The lowest BCUT2D eigenvalue weighted by molar-refractivity contribution is 0.371. The fourth-order valence-electron chi connectivity index (χ4n) is 2.63. The number of anilines is 1. The van der Waals surface area contributed by atoms with E-state index in [0.717, 1.165) is 17.8 Å². The van der Waals surface area contributed by atoms with Crippen LogP contribution in [0.1, 0.15) is 17.4 Å². The molecular formula is C16H12FN3O. The number of nitrogens with one attached hydrogen (secondary N) is 1. The number of benzene rings is 2. The zero-order chi connectivity index (χ0) is 14.2. The fourth-order valence-corrected chi connectivity index (χ4v) is 2.63. The Bertz CT molecular complexity index is 799. The Morgan fingerprint density at radius 1 is 1.14 bits per heavy atom. The monoisotopic (exact) mass is 281 g/mol. The number of aromatic nitrogens is 2. The molecule has 0 saturated carbocycles. The van der Waals surface area contributed by atoms with E-state index >= 15 is 0 Å². The van der Waals surface area contributed by atoms with Crippen molar-refractivity contribution in [3.05, 3.63) is 65.8 Å². The molecule has 104 valence electrons. The normalized spacial score (nSPS) is 16.5. The van der Waals surface area contributed by atoms with E-state index in [1.807, 2.05) is 24.3 Å². The van der Waals surface area contributed by atoms with Gasteiger partial charge in [0, 0.05) is 17.8 Å². The Hall–Kier alpha value is -2.69. The van der Waals surface area contributed by atoms with Crippen LogP contribution >= 0.6 is 0 Å². The summed E-state index contributed by atoms with van der Waals surface area (Å²) >= 11 is 0. The molecule has 4 rings (SSSR count). The van der Waals surface area contributed by atoms with Gasteiger partial charge in [-0.3, -0.25) is 0 Å². The van der Waals surface area contributed by atoms with Gasteiger partial charge >= 0.3 is 0 Å². The van der Waals surface area contributed by atoms with Crippen molar-refractivity contribution >= 4 is 5.69 Å². The van der Waals surface area contributed by atoms with Crippen LogP contribution in [0.3, 0.4) is 0 Å². The third kappa shape index (κ3) is 2.07. The molecule has 0 spiro atoms. The van der Waals surface area contributed by atoms with Crippen molar-refractivity contribution < 1.29 is 8.91 Å². The van der Waals surface area contributed by atoms with E-state index in [9.17, 15) is 4.39 Å². The van der Waals surface area contributed by atoms with E-state index in [1.165, 1.54) is 12.1 Å². The minimum absolute atomic E-state index is 0.0380. The summed E-state index contributed by atoms with van der Waals surface area (Å²) in [7, 11) is 0. The van der Waals surface area contributed by atoms with Gasteiger partial charge in [-0.05, 0) is 23.8 Å². The Balaban J connectivity index is 1.70. The van der Waals surface area contributed by atoms with Gasteiger partial charge < -0.3 is 9.84 Å². The summed E-state index contributed by atoms with van der Waals surface area (Å²) in [4.78, 5) is 4.42. The lowest BCUT2D eigenvalue weighted by Crippen LogP contribution is -2.04. The van der Waals surface area contributed by atoms with Crippen molar-refractivity contribution in [2.45, 2.75) is 5.92 Å². The van der Waals surface area contributed by atoms with Crippen LogP contribution in [0.2, 0.25) is 0 Å². The molecule has 0 amide bonds. The van der Waals surface area contributed by atoms with E-state index in [0.29, 0.717) is 17.3 Å². The average Bonchev–Trinajstić information content (AvgIpc) is 3.14. The zero-order valence-electron chi connectivity index (χ0n) is 11.1. The molecule has 5 heteroatoms. The molecule has 2 heterocycles. The fraction of sp³-hybridized carbons (Fsp3) is 0.125. The maximum atomic E-state index is 13.3. The van der Waals surface area contributed by atoms with E-state index in [4.69, 9.17) is 4.52 Å². The first-order valence-corrected chi connectivity index (χ1v) is 6.73. The van der Waals surface area contributed by atoms with Crippen LogP contribution in [0.4, 0.5) is 10.1 Å². The van der Waals surface area contributed by atoms with E-state index in [1.54, 1.807) is 12.1 Å². The number of hydrogen-bond acceptors (Lipinski definition) is 4. The van der Waals surface area contributed by atoms with E-state index < -0.39 is 0 Å². The second kappa shape index (κ2) is 4.70. The molecule has 0 saturated heterocycles. The quantitative estimate of drug-likeness (QED) is 0.782. The average molecular weight is 281 g/mol. The summed E-state index contributed by atoms with van der Waals surface area (Å²) in [5.41, 5.74) is 2.85. The van der Waals surface area contributed by atoms with Gasteiger partial charge in [-0.15, -0.1) is 0 Å². The molecule has 3 aromatic rings. The number of para-hydroxylation sites is 1. The summed E-state index contributed by atoms with van der Waals surface area (Å²) in [6.07, 6.45) is 0. The lowest BCUT2D eigenvalue weighted by Gasteiger charge is -2.03. The Morgan fingerprint density at radius 3 is 2.95 bits per heavy atom. The molecule has 1 N–H and O–H groups in total. The summed E-state index contributed by atoms with van der Waals surface area (Å²) in [5, 5.41) is 7.28. The largest absolute Gasteiger partial charge is 0.384 e. The number of hydrogen-bond donors (Lipinski definition) is 1. The van der Waals surface area contributed by atoms with E-state index in [-0.39, 0.29) is 11.7 Å². The minimum Gasteiger partial charge on any atom is -0.384 e.